The van der Waals surface area contributed by atoms with Gasteiger partial charge in [0.1, 0.15) is 0 Å². The third kappa shape index (κ3) is 2.69. The van der Waals surface area contributed by atoms with Crippen LogP contribution in [0.5, 0.6) is 5.75 Å². The van der Waals surface area contributed by atoms with Gasteiger partial charge in [-0.15, -0.1) is 0 Å². The molecule has 0 saturated heterocycles. The van der Waals surface area contributed by atoms with E-state index in [4.69, 9.17) is 0 Å². The molecule has 0 fully saturated rings. The summed E-state index contributed by atoms with van der Waals surface area (Å²) in [4.78, 5) is 0. The molecular weight excluding hydrogens is 274 g/mol. The molecule has 3 aromatic carbocycles. The fourth-order valence-corrected chi connectivity index (χ4v) is 2.35. The molecule has 0 aliphatic heterocycles. The molecule has 3 rings (SSSR count). The van der Waals surface area contributed by atoms with Crippen LogP contribution in [0.15, 0.2) is 84.9 Å². The van der Waals surface area contributed by atoms with E-state index < -0.39 is 0 Å². The zero-order chi connectivity index (χ0) is 15.4. The molecule has 0 unspecified atom stereocenters. The number of hydrogen-bond donors (Lipinski definition) is 1. The highest BCUT2D eigenvalue weighted by molar-refractivity contribution is 6.10. The maximum absolute atomic E-state index is 12.9. The van der Waals surface area contributed by atoms with E-state index in [1.165, 1.54) is 6.07 Å². The van der Waals surface area contributed by atoms with Crippen molar-refractivity contribution in [1.29, 1.82) is 0 Å². The first-order valence-electron chi connectivity index (χ1n) is 7.00. The van der Waals surface area contributed by atoms with Crippen LogP contribution in [0.4, 0.5) is 5.69 Å². The van der Waals surface area contributed by atoms with Crippen molar-refractivity contribution >= 4 is 11.4 Å². The smallest absolute Gasteiger partial charge is 0.259 e. The summed E-state index contributed by atoms with van der Waals surface area (Å²) < 4.78 is 0.778. The second-order valence-corrected chi connectivity index (χ2v) is 4.86. The van der Waals surface area contributed by atoms with E-state index in [2.05, 4.69) is 0 Å². The molecule has 0 atom stereocenters. The Hall–Kier alpha value is -3.07. The number of rotatable bonds is 3. The molecule has 1 N–H and O–H groups in total. The van der Waals surface area contributed by atoms with Crippen molar-refractivity contribution < 1.29 is 9.85 Å². The van der Waals surface area contributed by atoms with Crippen LogP contribution >= 0.6 is 0 Å². The Balaban J connectivity index is 2.26. The van der Waals surface area contributed by atoms with Gasteiger partial charge in [0.2, 0.25) is 5.71 Å². The van der Waals surface area contributed by atoms with Crippen molar-refractivity contribution in [3.05, 3.63) is 101 Å². The second kappa shape index (κ2) is 6.14. The first-order chi connectivity index (χ1) is 10.8. The topological polar surface area (TPSA) is 46.3 Å². The normalized spacial score (nSPS) is 10.2. The summed E-state index contributed by atoms with van der Waals surface area (Å²) in [5, 5.41) is 22.9. The first kappa shape index (κ1) is 13.9. The molecule has 0 aromatic heterocycles. The molecule has 0 aliphatic carbocycles. The van der Waals surface area contributed by atoms with Gasteiger partial charge >= 0.3 is 0 Å². The third-order valence-electron chi connectivity index (χ3n) is 3.40. The first-order valence-corrected chi connectivity index (χ1v) is 7.00. The molecule has 0 radical (unpaired) electrons. The Kier molecular flexibility index (Phi) is 3.88. The molecule has 22 heavy (non-hydrogen) atoms. The predicted molar refractivity (Wildman–Crippen MR) is 87.5 cm³/mol. The summed E-state index contributed by atoms with van der Waals surface area (Å²) >= 11 is 0. The average Bonchev–Trinajstić information content (AvgIpc) is 2.57. The van der Waals surface area contributed by atoms with E-state index in [-0.39, 0.29) is 11.4 Å². The van der Waals surface area contributed by atoms with Crippen molar-refractivity contribution in [3.63, 3.8) is 0 Å². The van der Waals surface area contributed by atoms with Crippen LogP contribution in [0.1, 0.15) is 11.1 Å². The lowest BCUT2D eigenvalue weighted by molar-refractivity contribution is -0.360. The quantitative estimate of drug-likeness (QED) is 0.342. The van der Waals surface area contributed by atoms with Gasteiger partial charge in [0.15, 0.2) is 5.75 Å². The molecule has 0 saturated carbocycles. The van der Waals surface area contributed by atoms with E-state index >= 15 is 0 Å². The molecule has 3 nitrogen and oxygen atoms in total. The number of nitrogens with zero attached hydrogens (tertiary/aromatic N) is 1. The second-order valence-electron chi connectivity index (χ2n) is 4.86. The largest absolute Gasteiger partial charge is 0.618 e. The summed E-state index contributed by atoms with van der Waals surface area (Å²) in [6, 6.07) is 25.4. The number of aromatic hydroxyl groups is 1. The fraction of sp³-hybridized carbons (Fsp3) is 0. The van der Waals surface area contributed by atoms with Crippen LogP contribution in [-0.4, -0.2) is 15.6 Å². The molecule has 3 heteroatoms. The highest BCUT2D eigenvalue weighted by Crippen LogP contribution is 2.26. The Morgan fingerprint density at radius 3 is 1.64 bits per heavy atom. The molecule has 0 aliphatic rings. The molecule has 0 heterocycles. The molecule has 0 spiro atoms. The Labute approximate surface area is 129 Å². The Morgan fingerprint density at radius 2 is 1.14 bits per heavy atom. The Morgan fingerprint density at radius 1 is 0.682 bits per heavy atom. The average molecular weight is 289 g/mol. The van der Waals surface area contributed by atoms with Crippen LogP contribution in [0.25, 0.3) is 0 Å². The summed E-state index contributed by atoms with van der Waals surface area (Å²) in [7, 11) is 0. The van der Waals surface area contributed by atoms with Crippen LogP contribution in [0.3, 0.4) is 0 Å². The lowest BCUT2D eigenvalue weighted by atomic mass is 10.0. The molecule has 0 amide bonds. The number of para-hydroxylation sites is 2. The van der Waals surface area contributed by atoms with E-state index in [0.717, 1.165) is 15.9 Å². The van der Waals surface area contributed by atoms with Crippen molar-refractivity contribution in [2.75, 3.05) is 0 Å². The lowest BCUT2D eigenvalue weighted by Gasteiger charge is -2.12. The van der Waals surface area contributed by atoms with Gasteiger partial charge in [-0.3, -0.25) is 0 Å². The number of hydrogen-bond acceptors (Lipinski definition) is 2. The van der Waals surface area contributed by atoms with Gasteiger partial charge in [0, 0.05) is 17.2 Å². The van der Waals surface area contributed by atoms with Crippen LogP contribution in [-0.2, 0) is 0 Å². The molecular formula is C19H15NO2. The van der Waals surface area contributed by atoms with Crippen LogP contribution < -0.4 is 0 Å². The third-order valence-corrected chi connectivity index (χ3v) is 3.40. The highest BCUT2D eigenvalue weighted by Gasteiger charge is 2.19. The van der Waals surface area contributed by atoms with Crippen molar-refractivity contribution in [2.24, 2.45) is 0 Å². The van der Waals surface area contributed by atoms with Crippen LogP contribution in [0, 0.1) is 5.21 Å². The van der Waals surface area contributed by atoms with Gasteiger partial charge in [-0.2, -0.15) is 4.74 Å². The van der Waals surface area contributed by atoms with Gasteiger partial charge in [0.25, 0.3) is 5.69 Å². The van der Waals surface area contributed by atoms with Crippen molar-refractivity contribution in [2.45, 2.75) is 0 Å². The molecule has 3 aromatic rings. The number of phenols is 1. The lowest BCUT2D eigenvalue weighted by Crippen LogP contribution is -2.15. The number of phenolic OH excluding ortho intramolecular Hbond substituents is 1. The summed E-state index contributed by atoms with van der Waals surface area (Å²) in [6.45, 7) is 0. The fourth-order valence-electron chi connectivity index (χ4n) is 2.35. The van der Waals surface area contributed by atoms with Crippen LogP contribution in [0.2, 0.25) is 0 Å². The van der Waals surface area contributed by atoms with Gasteiger partial charge in [0.05, 0.1) is 0 Å². The number of benzene rings is 3. The van der Waals surface area contributed by atoms with Crippen molar-refractivity contribution in [3.8, 4) is 5.75 Å². The van der Waals surface area contributed by atoms with E-state index in [1.807, 2.05) is 60.7 Å². The van der Waals surface area contributed by atoms with Crippen molar-refractivity contribution in [1.82, 2.24) is 0 Å². The Bertz CT molecular complexity index is 754. The molecule has 0 bridgehead atoms. The zero-order valence-corrected chi connectivity index (χ0v) is 11.9. The maximum atomic E-state index is 12.9. The van der Waals surface area contributed by atoms with Gasteiger partial charge < -0.3 is 10.3 Å². The van der Waals surface area contributed by atoms with Gasteiger partial charge in [-0.1, -0.05) is 48.5 Å². The van der Waals surface area contributed by atoms with Gasteiger partial charge in [-0.05, 0) is 30.3 Å². The summed E-state index contributed by atoms with van der Waals surface area (Å²) in [6.07, 6.45) is 0. The van der Waals surface area contributed by atoms with E-state index in [9.17, 15) is 10.3 Å². The summed E-state index contributed by atoms with van der Waals surface area (Å²) in [5.74, 6) is -0.0399. The monoisotopic (exact) mass is 289 g/mol. The SMILES string of the molecule is [O-][N+](=C(c1ccccc1)c1ccccc1)c1ccccc1O. The van der Waals surface area contributed by atoms with E-state index in [0.29, 0.717) is 5.71 Å². The predicted octanol–water partition coefficient (Wildman–Crippen LogP) is 4.07. The minimum atomic E-state index is -0.0399. The minimum absolute atomic E-state index is 0.0399. The highest BCUT2D eigenvalue weighted by atomic mass is 16.5. The summed E-state index contributed by atoms with van der Waals surface area (Å²) in [5.41, 5.74) is 2.33. The van der Waals surface area contributed by atoms with Gasteiger partial charge in [-0.25, -0.2) is 0 Å². The zero-order valence-electron chi connectivity index (χ0n) is 11.9. The minimum Gasteiger partial charge on any atom is -0.618 e. The van der Waals surface area contributed by atoms with E-state index in [1.54, 1.807) is 18.2 Å². The molecule has 108 valence electrons. The standard InChI is InChI=1S/C19H15NO2/c21-18-14-8-7-13-17(18)20(22)19(15-9-3-1-4-10-15)16-11-5-2-6-12-16/h1-14,21H. The maximum Gasteiger partial charge on any atom is 0.259 e.